The van der Waals surface area contributed by atoms with E-state index in [1.807, 2.05) is 0 Å². The summed E-state index contributed by atoms with van der Waals surface area (Å²) in [6, 6.07) is 2.01. The zero-order valence-electron chi connectivity index (χ0n) is 10.1. The van der Waals surface area contributed by atoms with Crippen LogP contribution in [0.4, 0.5) is 5.82 Å². The molecule has 5 nitrogen and oxygen atoms in total. The van der Waals surface area contributed by atoms with Crippen molar-refractivity contribution in [1.82, 2.24) is 15.3 Å². The van der Waals surface area contributed by atoms with Crippen LogP contribution in [-0.2, 0) is 0 Å². The number of hydrogen-bond acceptors (Lipinski definition) is 4. The van der Waals surface area contributed by atoms with Gasteiger partial charge in [0.15, 0.2) is 0 Å². The van der Waals surface area contributed by atoms with Gasteiger partial charge in [-0.25, -0.2) is 4.98 Å². The van der Waals surface area contributed by atoms with Crippen LogP contribution in [0.15, 0.2) is 10.9 Å². The van der Waals surface area contributed by atoms with Gasteiger partial charge in [-0.15, -0.1) is 0 Å². The molecule has 17 heavy (non-hydrogen) atoms. The summed E-state index contributed by atoms with van der Waals surface area (Å²) in [4.78, 5) is 21.3. The van der Waals surface area contributed by atoms with Crippen molar-refractivity contribution in [1.29, 1.82) is 0 Å². The fraction of sp³-hybridized carbons (Fsp3) is 0.667. The summed E-state index contributed by atoms with van der Waals surface area (Å²) in [5.74, 6) is 2.20. The van der Waals surface area contributed by atoms with E-state index in [1.54, 1.807) is 6.07 Å². The summed E-state index contributed by atoms with van der Waals surface area (Å²) in [5.41, 5.74) is -0.0253. The van der Waals surface area contributed by atoms with Gasteiger partial charge in [-0.1, -0.05) is 0 Å². The normalized spacial score (nSPS) is 25.0. The van der Waals surface area contributed by atoms with Crippen molar-refractivity contribution in [2.24, 2.45) is 0 Å². The van der Waals surface area contributed by atoms with Gasteiger partial charge in [-0.3, -0.25) is 4.79 Å². The number of H-pyrrole nitrogens is 1. The van der Waals surface area contributed by atoms with Crippen LogP contribution in [0.2, 0.25) is 0 Å². The topological polar surface area (TPSA) is 61.0 Å². The summed E-state index contributed by atoms with van der Waals surface area (Å²) in [7, 11) is 0. The van der Waals surface area contributed by atoms with Gasteiger partial charge in [-0.2, -0.15) is 0 Å². The van der Waals surface area contributed by atoms with Crippen molar-refractivity contribution in [2.75, 3.05) is 24.5 Å². The lowest BCUT2D eigenvalue weighted by atomic mass is 10.2. The molecule has 1 atom stereocenters. The van der Waals surface area contributed by atoms with E-state index in [-0.39, 0.29) is 5.56 Å². The molecule has 0 spiro atoms. The molecule has 1 saturated heterocycles. The van der Waals surface area contributed by atoms with Crippen LogP contribution in [0.1, 0.15) is 31.5 Å². The van der Waals surface area contributed by atoms with Crippen LogP contribution in [0.25, 0.3) is 0 Å². The monoisotopic (exact) mass is 234 g/mol. The van der Waals surface area contributed by atoms with Gasteiger partial charge in [0.2, 0.25) is 0 Å². The molecule has 3 rings (SSSR count). The van der Waals surface area contributed by atoms with E-state index in [0.29, 0.717) is 12.0 Å². The summed E-state index contributed by atoms with van der Waals surface area (Å²) in [6.45, 7) is 4.98. The minimum atomic E-state index is -0.0253. The Balaban J connectivity index is 1.92. The van der Waals surface area contributed by atoms with Crippen molar-refractivity contribution in [2.45, 2.75) is 31.7 Å². The molecule has 5 heteroatoms. The fourth-order valence-corrected chi connectivity index (χ4v) is 2.34. The second-order valence-corrected chi connectivity index (χ2v) is 5.01. The molecule has 2 heterocycles. The number of nitrogens with zero attached hydrogens (tertiary/aromatic N) is 2. The van der Waals surface area contributed by atoms with Crippen molar-refractivity contribution < 1.29 is 0 Å². The Kier molecular flexibility index (Phi) is 2.63. The first-order chi connectivity index (χ1) is 8.24. The zero-order chi connectivity index (χ0) is 11.8. The lowest BCUT2D eigenvalue weighted by Crippen LogP contribution is -2.50. The van der Waals surface area contributed by atoms with Gasteiger partial charge < -0.3 is 15.2 Å². The fourth-order valence-electron chi connectivity index (χ4n) is 2.34. The highest BCUT2D eigenvalue weighted by molar-refractivity contribution is 5.40. The summed E-state index contributed by atoms with van der Waals surface area (Å²) in [5, 5.41) is 3.34. The van der Waals surface area contributed by atoms with Crippen LogP contribution < -0.4 is 15.8 Å². The molecule has 0 amide bonds. The van der Waals surface area contributed by atoms with Crippen molar-refractivity contribution in [3.8, 4) is 0 Å². The first kappa shape index (κ1) is 10.8. The molecule has 2 fully saturated rings. The summed E-state index contributed by atoms with van der Waals surface area (Å²) < 4.78 is 0. The lowest BCUT2D eigenvalue weighted by Gasteiger charge is -2.34. The molecular weight excluding hydrogens is 216 g/mol. The molecule has 1 aliphatic carbocycles. The maximum atomic E-state index is 11.7. The van der Waals surface area contributed by atoms with Crippen LogP contribution >= 0.6 is 0 Å². The molecule has 0 bridgehead atoms. The summed E-state index contributed by atoms with van der Waals surface area (Å²) >= 11 is 0. The van der Waals surface area contributed by atoms with E-state index in [4.69, 9.17) is 0 Å². The number of hydrogen-bond donors (Lipinski definition) is 2. The van der Waals surface area contributed by atoms with E-state index in [9.17, 15) is 4.79 Å². The van der Waals surface area contributed by atoms with Crippen LogP contribution in [0.5, 0.6) is 0 Å². The average Bonchev–Trinajstić information content (AvgIpc) is 3.12. The molecule has 92 valence electrons. The number of rotatable bonds is 2. The lowest BCUT2D eigenvalue weighted by molar-refractivity contribution is 0.496. The Labute approximate surface area is 100 Å². The number of aromatic nitrogens is 2. The predicted octanol–water partition coefficient (Wildman–Crippen LogP) is 0.445. The van der Waals surface area contributed by atoms with E-state index in [0.717, 1.165) is 44.1 Å². The second-order valence-electron chi connectivity index (χ2n) is 5.01. The average molecular weight is 234 g/mol. The van der Waals surface area contributed by atoms with Gasteiger partial charge in [0.1, 0.15) is 11.6 Å². The van der Waals surface area contributed by atoms with Gasteiger partial charge in [0.05, 0.1) is 0 Å². The van der Waals surface area contributed by atoms with Crippen molar-refractivity contribution in [3.63, 3.8) is 0 Å². The first-order valence-electron chi connectivity index (χ1n) is 6.32. The van der Waals surface area contributed by atoms with Gasteiger partial charge in [0.25, 0.3) is 5.56 Å². The van der Waals surface area contributed by atoms with Crippen molar-refractivity contribution in [3.05, 3.63) is 22.2 Å². The highest BCUT2D eigenvalue weighted by Gasteiger charge is 2.28. The van der Waals surface area contributed by atoms with E-state index in [1.165, 1.54) is 0 Å². The van der Waals surface area contributed by atoms with Crippen LogP contribution in [0, 0.1) is 0 Å². The van der Waals surface area contributed by atoms with E-state index < -0.39 is 0 Å². The predicted molar refractivity (Wildman–Crippen MR) is 66.5 cm³/mol. The minimum absolute atomic E-state index is 0.0253. The molecule has 1 aromatic heterocycles. The number of piperazine rings is 1. The molecule has 1 aromatic rings. The Bertz CT molecular complexity index is 466. The maximum Gasteiger partial charge on any atom is 0.252 e. The number of nitrogens with one attached hydrogen (secondary N) is 2. The Morgan fingerprint density at radius 3 is 3.00 bits per heavy atom. The largest absolute Gasteiger partial charge is 0.351 e. The third kappa shape index (κ3) is 2.20. The molecular formula is C12H18N4O. The summed E-state index contributed by atoms with van der Waals surface area (Å²) in [6.07, 6.45) is 2.31. The molecule has 2 N–H and O–H groups in total. The van der Waals surface area contributed by atoms with Crippen molar-refractivity contribution >= 4 is 5.82 Å². The van der Waals surface area contributed by atoms with Crippen LogP contribution in [-0.4, -0.2) is 35.6 Å². The highest BCUT2D eigenvalue weighted by Crippen LogP contribution is 2.38. The Morgan fingerprint density at radius 2 is 2.29 bits per heavy atom. The third-order valence-corrected chi connectivity index (χ3v) is 3.51. The quantitative estimate of drug-likeness (QED) is 0.780. The minimum Gasteiger partial charge on any atom is -0.351 e. The third-order valence-electron chi connectivity index (χ3n) is 3.51. The van der Waals surface area contributed by atoms with E-state index >= 15 is 0 Å². The molecule has 0 aromatic carbocycles. The first-order valence-corrected chi connectivity index (χ1v) is 6.32. The molecule has 2 aliphatic rings. The molecule has 1 aliphatic heterocycles. The van der Waals surface area contributed by atoms with Gasteiger partial charge >= 0.3 is 0 Å². The zero-order valence-corrected chi connectivity index (χ0v) is 10.1. The Hall–Kier alpha value is -1.36. The Morgan fingerprint density at radius 1 is 1.47 bits per heavy atom. The number of anilines is 1. The van der Waals surface area contributed by atoms with E-state index in [2.05, 4.69) is 27.1 Å². The molecule has 1 unspecified atom stereocenters. The van der Waals surface area contributed by atoms with Gasteiger partial charge in [-0.05, 0) is 19.8 Å². The smallest absolute Gasteiger partial charge is 0.252 e. The maximum absolute atomic E-state index is 11.7. The highest BCUT2D eigenvalue weighted by atomic mass is 16.1. The van der Waals surface area contributed by atoms with Crippen LogP contribution in [0.3, 0.4) is 0 Å². The number of aromatic amines is 1. The molecule has 0 radical (unpaired) electrons. The molecule has 1 saturated carbocycles. The standard InChI is InChI=1S/C12H18N4O/c1-8-7-13-4-5-16(8)10-6-11(17)15-12(14-10)9-2-3-9/h6,8-9,13H,2-5,7H2,1H3,(H,14,15,17). The second kappa shape index (κ2) is 4.14. The van der Waals surface area contributed by atoms with Gasteiger partial charge in [0, 0.05) is 37.7 Å². The SMILES string of the molecule is CC1CNCCN1c1cc(=O)[nH]c(C2CC2)n1.